The van der Waals surface area contributed by atoms with Crippen LogP contribution in [0.25, 0.3) is 0 Å². The lowest BCUT2D eigenvalue weighted by Crippen LogP contribution is -2.51. The Morgan fingerprint density at radius 2 is 2.00 bits per heavy atom. The standard InChI is InChI=1S/C19H29FN4O.HI/c1-3-21-19(22-9-12-23-10-4-11-23)24-13-15(2)25-18(14-24)16-5-7-17(20)8-6-16;/h5-8,15,18H,3-4,9-14H2,1-2H3,(H,21,22);1H. The summed E-state index contributed by atoms with van der Waals surface area (Å²) in [6, 6.07) is 6.61. The first-order valence-electron chi connectivity index (χ1n) is 9.32. The van der Waals surface area contributed by atoms with Crippen molar-refractivity contribution in [3.05, 3.63) is 35.6 Å². The summed E-state index contributed by atoms with van der Waals surface area (Å²) >= 11 is 0. The Kier molecular flexibility index (Phi) is 8.56. The predicted octanol–water partition coefficient (Wildman–Crippen LogP) is 2.88. The molecule has 2 heterocycles. The number of halogens is 2. The molecule has 2 fully saturated rings. The van der Waals surface area contributed by atoms with Crippen LogP contribution in [0.1, 0.15) is 31.9 Å². The third-order valence-corrected chi connectivity index (χ3v) is 4.76. The van der Waals surface area contributed by atoms with E-state index in [1.54, 1.807) is 0 Å². The van der Waals surface area contributed by atoms with Crippen LogP contribution in [0.2, 0.25) is 0 Å². The molecule has 0 amide bonds. The van der Waals surface area contributed by atoms with E-state index in [1.165, 1.54) is 31.6 Å². The van der Waals surface area contributed by atoms with Gasteiger partial charge in [0.15, 0.2) is 5.96 Å². The van der Waals surface area contributed by atoms with Crippen molar-refractivity contribution in [2.45, 2.75) is 32.5 Å². The third kappa shape index (κ3) is 5.79. The Morgan fingerprint density at radius 3 is 2.62 bits per heavy atom. The zero-order chi connectivity index (χ0) is 17.6. The van der Waals surface area contributed by atoms with E-state index < -0.39 is 0 Å². The van der Waals surface area contributed by atoms with Crippen molar-refractivity contribution in [1.29, 1.82) is 0 Å². The molecule has 1 aromatic carbocycles. The number of hydrogen-bond acceptors (Lipinski definition) is 3. The van der Waals surface area contributed by atoms with Gasteiger partial charge in [0.2, 0.25) is 0 Å². The second-order valence-corrected chi connectivity index (χ2v) is 6.82. The second kappa shape index (κ2) is 10.4. The molecule has 0 spiro atoms. The van der Waals surface area contributed by atoms with Crippen LogP contribution in [-0.2, 0) is 4.74 Å². The van der Waals surface area contributed by atoms with E-state index >= 15 is 0 Å². The van der Waals surface area contributed by atoms with Gasteiger partial charge < -0.3 is 19.9 Å². The Labute approximate surface area is 173 Å². The van der Waals surface area contributed by atoms with Crippen LogP contribution in [0.15, 0.2) is 29.3 Å². The number of nitrogens with one attached hydrogen (secondary N) is 1. The Hall–Kier alpha value is -0.930. The molecule has 0 radical (unpaired) electrons. The number of benzene rings is 1. The van der Waals surface area contributed by atoms with Gasteiger partial charge in [0.25, 0.3) is 0 Å². The largest absolute Gasteiger partial charge is 0.367 e. The summed E-state index contributed by atoms with van der Waals surface area (Å²) in [5.41, 5.74) is 1.01. The van der Waals surface area contributed by atoms with Crippen molar-refractivity contribution in [3.8, 4) is 0 Å². The molecular weight excluding hydrogens is 446 g/mol. The van der Waals surface area contributed by atoms with E-state index in [0.29, 0.717) is 0 Å². The average Bonchev–Trinajstić information content (AvgIpc) is 2.56. The van der Waals surface area contributed by atoms with Gasteiger partial charge in [0.1, 0.15) is 11.9 Å². The van der Waals surface area contributed by atoms with Gasteiger partial charge >= 0.3 is 0 Å². The SMILES string of the molecule is CCNC(=NCCN1CCC1)N1CC(C)OC(c2ccc(F)cc2)C1.I. The van der Waals surface area contributed by atoms with Crippen LogP contribution in [0.3, 0.4) is 0 Å². The molecule has 3 rings (SSSR count). The average molecular weight is 476 g/mol. The van der Waals surface area contributed by atoms with Crippen LogP contribution in [0.5, 0.6) is 0 Å². The Balaban J connectivity index is 0.00000243. The van der Waals surface area contributed by atoms with E-state index in [2.05, 4.69) is 29.0 Å². The quantitative estimate of drug-likeness (QED) is 0.403. The first-order valence-corrected chi connectivity index (χ1v) is 9.32. The highest BCUT2D eigenvalue weighted by molar-refractivity contribution is 14.0. The smallest absolute Gasteiger partial charge is 0.194 e. The maximum absolute atomic E-state index is 13.2. The first kappa shape index (κ1) is 21.4. The van der Waals surface area contributed by atoms with Crippen LogP contribution >= 0.6 is 24.0 Å². The fourth-order valence-electron chi connectivity index (χ4n) is 3.31. The molecule has 2 saturated heterocycles. The number of aliphatic imine (C=N–C) groups is 1. The number of ether oxygens (including phenoxy) is 1. The molecule has 0 bridgehead atoms. The molecule has 2 aliphatic rings. The number of nitrogens with zero attached hydrogens (tertiary/aromatic N) is 3. The summed E-state index contributed by atoms with van der Waals surface area (Å²) in [6.45, 7) is 10.8. The van der Waals surface area contributed by atoms with Crippen molar-refractivity contribution in [2.75, 3.05) is 45.8 Å². The lowest BCUT2D eigenvalue weighted by Gasteiger charge is -2.39. The van der Waals surface area contributed by atoms with E-state index in [9.17, 15) is 4.39 Å². The van der Waals surface area contributed by atoms with Gasteiger partial charge in [-0.2, -0.15) is 0 Å². The highest BCUT2D eigenvalue weighted by Crippen LogP contribution is 2.25. The molecule has 1 N–H and O–H groups in total. The Bertz CT molecular complexity index is 579. The summed E-state index contributed by atoms with van der Waals surface area (Å²) in [5.74, 6) is 0.732. The zero-order valence-corrected chi connectivity index (χ0v) is 18.0. The van der Waals surface area contributed by atoms with E-state index in [0.717, 1.165) is 44.2 Å². The van der Waals surface area contributed by atoms with Gasteiger partial charge in [-0.15, -0.1) is 24.0 Å². The number of rotatable bonds is 5. The van der Waals surface area contributed by atoms with Crippen LogP contribution in [0.4, 0.5) is 4.39 Å². The molecule has 1 aromatic rings. The van der Waals surface area contributed by atoms with Crippen LogP contribution in [0, 0.1) is 5.82 Å². The lowest BCUT2D eigenvalue weighted by molar-refractivity contribution is -0.0605. The zero-order valence-electron chi connectivity index (χ0n) is 15.7. The predicted molar refractivity (Wildman–Crippen MR) is 114 cm³/mol. The summed E-state index contributed by atoms with van der Waals surface area (Å²) in [7, 11) is 0. The first-order chi connectivity index (χ1) is 12.2. The number of morpholine rings is 1. The summed E-state index contributed by atoms with van der Waals surface area (Å²) in [4.78, 5) is 9.50. The van der Waals surface area contributed by atoms with E-state index in [-0.39, 0.29) is 42.0 Å². The monoisotopic (exact) mass is 476 g/mol. The molecule has 0 aromatic heterocycles. The van der Waals surface area contributed by atoms with Crippen LogP contribution in [-0.4, -0.2) is 67.7 Å². The van der Waals surface area contributed by atoms with Gasteiger partial charge in [-0.3, -0.25) is 4.99 Å². The molecule has 7 heteroatoms. The normalized spacial score (nSPS) is 24.0. The minimum atomic E-state index is -0.217. The van der Waals surface area contributed by atoms with Gasteiger partial charge in [-0.1, -0.05) is 12.1 Å². The fourth-order valence-corrected chi connectivity index (χ4v) is 3.31. The van der Waals surface area contributed by atoms with Crippen molar-refractivity contribution in [3.63, 3.8) is 0 Å². The summed E-state index contributed by atoms with van der Waals surface area (Å²) in [5, 5.41) is 3.41. The fraction of sp³-hybridized carbons (Fsp3) is 0.632. The van der Waals surface area contributed by atoms with Gasteiger partial charge in [0.05, 0.1) is 19.2 Å². The molecule has 2 aliphatic heterocycles. The molecule has 2 unspecified atom stereocenters. The van der Waals surface area contributed by atoms with Gasteiger partial charge in [-0.05, 0) is 51.1 Å². The lowest BCUT2D eigenvalue weighted by atomic mass is 10.1. The molecule has 26 heavy (non-hydrogen) atoms. The molecule has 0 saturated carbocycles. The van der Waals surface area contributed by atoms with Gasteiger partial charge in [0, 0.05) is 19.6 Å². The highest BCUT2D eigenvalue weighted by atomic mass is 127. The molecule has 0 aliphatic carbocycles. The molecule has 146 valence electrons. The van der Waals surface area contributed by atoms with Crippen molar-refractivity contribution in [1.82, 2.24) is 15.1 Å². The minimum Gasteiger partial charge on any atom is -0.367 e. The summed E-state index contributed by atoms with van der Waals surface area (Å²) in [6.07, 6.45) is 1.34. The van der Waals surface area contributed by atoms with E-state index in [1.807, 2.05) is 12.1 Å². The van der Waals surface area contributed by atoms with Crippen molar-refractivity contribution in [2.24, 2.45) is 4.99 Å². The van der Waals surface area contributed by atoms with Crippen molar-refractivity contribution < 1.29 is 9.13 Å². The number of likely N-dealkylation sites (tertiary alicyclic amines) is 1. The maximum atomic E-state index is 13.2. The number of guanidine groups is 1. The molecule has 5 nitrogen and oxygen atoms in total. The molecule has 2 atom stereocenters. The summed E-state index contributed by atoms with van der Waals surface area (Å²) < 4.78 is 19.3. The highest BCUT2D eigenvalue weighted by Gasteiger charge is 2.28. The van der Waals surface area contributed by atoms with Crippen LogP contribution < -0.4 is 5.32 Å². The number of hydrogen-bond donors (Lipinski definition) is 1. The van der Waals surface area contributed by atoms with Crippen molar-refractivity contribution >= 4 is 29.9 Å². The van der Waals surface area contributed by atoms with Gasteiger partial charge in [-0.25, -0.2) is 4.39 Å². The second-order valence-electron chi connectivity index (χ2n) is 6.82. The van der Waals surface area contributed by atoms with E-state index in [4.69, 9.17) is 9.73 Å². The maximum Gasteiger partial charge on any atom is 0.194 e. The topological polar surface area (TPSA) is 40.1 Å². The molecular formula is C19H30FIN4O. The minimum absolute atomic E-state index is 0. The Morgan fingerprint density at radius 1 is 1.27 bits per heavy atom. The third-order valence-electron chi connectivity index (χ3n) is 4.76.